The molecule has 6 nitrogen and oxygen atoms in total. The molecule has 1 fully saturated rings. The van der Waals surface area contributed by atoms with Crippen molar-refractivity contribution in [2.24, 2.45) is 5.92 Å². The maximum Gasteiger partial charge on any atom is 0.317 e. The molecule has 0 radical (unpaired) electrons. The van der Waals surface area contributed by atoms with Gasteiger partial charge in [-0.1, -0.05) is 23.7 Å². The number of nitrogens with zero attached hydrogens (tertiary/aromatic N) is 1. The van der Waals surface area contributed by atoms with Crippen LogP contribution in [0.15, 0.2) is 24.3 Å². The van der Waals surface area contributed by atoms with Gasteiger partial charge in [0.05, 0.1) is 0 Å². The third kappa shape index (κ3) is 7.77. The monoisotopic (exact) mass is 395 g/mol. The Hall–Kier alpha value is -1.79. The molecule has 2 rings (SSSR count). The molecule has 0 aromatic heterocycles. The molecule has 2 N–H and O–H groups in total. The molecule has 1 aromatic carbocycles. The second-order valence-electron chi connectivity index (χ2n) is 6.71. The highest BCUT2D eigenvalue weighted by atomic mass is 35.5. The Balaban J connectivity index is 1.60. The Morgan fingerprint density at radius 1 is 1.15 bits per heavy atom. The SMILES string of the molecule is CCOCCCNC(=O)C1CCN(C(=O)NCCc2ccc(Cl)cc2)CC1. The van der Waals surface area contributed by atoms with E-state index in [0.717, 1.165) is 18.4 Å². The fourth-order valence-corrected chi connectivity index (χ4v) is 3.22. The van der Waals surface area contributed by atoms with Crippen molar-refractivity contribution in [1.82, 2.24) is 15.5 Å². The lowest BCUT2D eigenvalue weighted by atomic mass is 9.96. The van der Waals surface area contributed by atoms with Crippen LogP contribution in [0.5, 0.6) is 0 Å². The minimum atomic E-state index is -0.0560. The number of amides is 3. The summed E-state index contributed by atoms with van der Waals surface area (Å²) in [4.78, 5) is 26.2. The lowest BCUT2D eigenvalue weighted by Crippen LogP contribution is -2.47. The maximum absolute atomic E-state index is 12.3. The number of piperidine rings is 1. The summed E-state index contributed by atoms with van der Waals surface area (Å²) in [5, 5.41) is 6.63. The van der Waals surface area contributed by atoms with Gasteiger partial charge in [-0.15, -0.1) is 0 Å². The quantitative estimate of drug-likeness (QED) is 0.631. The smallest absolute Gasteiger partial charge is 0.317 e. The van der Waals surface area contributed by atoms with E-state index < -0.39 is 0 Å². The summed E-state index contributed by atoms with van der Waals surface area (Å²) in [7, 11) is 0. The van der Waals surface area contributed by atoms with Crippen LogP contribution in [-0.4, -0.2) is 56.2 Å². The molecule has 1 aliphatic rings. The van der Waals surface area contributed by atoms with Gasteiger partial charge in [0.25, 0.3) is 0 Å². The van der Waals surface area contributed by atoms with Gasteiger partial charge < -0.3 is 20.3 Å². The highest BCUT2D eigenvalue weighted by Crippen LogP contribution is 2.17. The molecule has 0 unspecified atom stereocenters. The Labute approximate surface area is 166 Å². The molecule has 1 saturated heterocycles. The first-order valence-corrected chi connectivity index (χ1v) is 10.1. The fraction of sp³-hybridized carbons (Fsp3) is 0.600. The normalized spacial score (nSPS) is 14.8. The molecule has 1 heterocycles. The molecule has 27 heavy (non-hydrogen) atoms. The first-order valence-electron chi connectivity index (χ1n) is 9.72. The van der Waals surface area contributed by atoms with Crippen LogP contribution < -0.4 is 10.6 Å². The molecule has 1 aromatic rings. The van der Waals surface area contributed by atoms with Gasteiger partial charge in [-0.05, 0) is 50.3 Å². The molecule has 1 aliphatic heterocycles. The Bertz CT molecular complexity index is 587. The summed E-state index contributed by atoms with van der Waals surface area (Å²) in [5.74, 6) is 0.0875. The predicted molar refractivity (Wildman–Crippen MR) is 107 cm³/mol. The number of rotatable bonds is 9. The number of carbonyl (C=O) groups is 2. The highest BCUT2D eigenvalue weighted by molar-refractivity contribution is 6.30. The van der Waals surface area contributed by atoms with Gasteiger partial charge in [-0.3, -0.25) is 4.79 Å². The molecule has 150 valence electrons. The van der Waals surface area contributed by atoms with Gasteiger partial charge in [0.2, 0.25) is 5.91 Å². The van der Waals surface area contributed by atoms with E-state index in [1.54, 1.807) is 4.90 Å². The molecular formula is C20H30ClN3O3. The standard InChI is InChI=1S/C20H30ClN3O3/c1-2-27-15-3-11-22-19(25)17-9-13-24(14-10-17)20(26)23-12-8-16-4-6-18(21)7-5-16/h4-7,17H,2-3,8-15H2,1H3,(H,22,25)(H,23,26). The van der Waals surface area contributed by atoms with Gasteiger partial charge in [-0.2, -0.15) is 0 Å². The first-order chi connectivity index (χ1) is 13.1. The van der Waals surface area contributed by atoms with E-state index in [1.165, 1.54) is 0 Å². The van der Waals surface area contributed by atoms with Crippen LogP contribution in [0.3, 0.4) is 0 Å². The van der Waals surface area contributed by atoms with Crippen molar-refractivity contribution in [3.05, 3.63) is 34.9 Å². The number of likely N-dealkylation sites (tertiary alicyclic amines) is 1. The van der Waals surface area contributed by atoms with Crippen LogP contribution >= 0.6 is 11.6 Å². The predicted octanol–water partition coefficient (Wildman–Crippen LogP) is 2.85. The number of halogens is 1. The van der Waals surface area contributed by atoms with E-state index in [2.05, 4.69) is 10.6 Å². The van der Waals surface area contributed by atoms with Crippen LogP contribution in [0.1, 0.15) is 31.7 Å². The first kappa shape index (κ1) is 21.5. The molecule has 0 spiro atoms. The van der Waals surface area contributed by atoms with E-state index in [9.17, 15) is 9.59 Å². The van der Waals surface area contributed by atoms with Crippen molar-refractivity contribution in [2.75, 3.05) is 39.4 Å². The zero-order valence-electron chi connectivity index (χ0n) is 16.0. The molecule has 7 heteroatoms. The number of urea groups is 1. The summed E-state index contributed by atoms with van der Waals surface area (Å²) >= 11 is 5.87. The summed E-state index contributed by atoms with van der Waals surface area (Å²) in [6.45, 7) is 5.79. The van der Waals surface area contributed by atoms with Crippen LogP contribution in [0, 0.1) is 5.92 Å². The van der Waals surface area contributed by atoms with E-state index >= 15 is 0 Å². The average Bonchev–Trinajstić information content (AvgIpc) is 2.69. The lowest BCUT2D eigenvalue weighted by Gasteiger charge is -2.31. The third-order valence-corrected chi connectivity index (χ3v) is 4.98. The van der Waals surface area contributed by atoms with Crippen molar-refractivity contribution in [2.45, 2.75) is 32.6 Å². The largest absolute Gasteiger partial charge is 0.382 e. The fourth-order valence-electron chi connectivity index (χ4n) is 3.10. The van der Waals surface area contributed by atoms with Crippen LogP contribution in [0.4, 0.5) is 4.79 Å². The second-order valence-corrected chi connectivity index (χ2v) is 7.15. The van der Waals surface area contributed by atoms with Crippen LogP contribution in [-0.2, 0) is 16.0 Å². The molecule has 0 saturated carbocycles. The van der Waals surface area contributed by atoms with E-state index in [4.69, 9.17) is 16.3 Å². The number of hydrogen-bond acceptors (Lipinski definition) is 3. The number of carbonyl (C=O) groups excluding carboxylic acids is 2. The van der Waals surface area contributed by atoms with Crippen LogP contribution in [0.2, 0.25) is 5.02 Å². The van der Waals surface area contributed by atoms with Crippen molar-refractivity contribution in [1.29, 1.82) is 0 Å². The average molecular weight is 396 g/mol. The molecule has 0 atom stereocenters. The number of nitrogens with one attached hydrogen (secondary N) is 2. The third-order valence-electron chi connectivity index (χ3n) is 4.72. The summed E-state index contributed by atoms with van der Waals surface area (Å²) in [6, 6.07) is 7.58. The molecular weight excluding hydrogens is 366 g/mol. The molecule has 0 aliphatic carbocycles. The second kappa shape index (κ2) is 11.8. The summed E-state index contributed by atoms with van der Waals surface area (Å²) in [6.07, 6.45) is 3.02. The van der Waals surface area contributed by atoms with Crippen molar-refractivity contribution in [3.63, 3.8) is 0 Å². The number of hydrogen-bond donors (Lipinski definition) is 2. The number of ether oxygens (including phenoxy) is 1. The summed E-state index contributed by atoms with van der Waals surface area (Å²) in [5.41, 5.74) is 1.14. The van der Waals surface area contributed by atoms with Crippen molar-refractivity contribution >= 4 is 23.5 Å². The topological polar surface area (TPSA) is 70.7 Å². The van der Waals surface area contributed by atoms with Gasteiger partial charge >= 0.3 is 6.03 Å². The van der Waals surface area contributed by atoms with E-state index in [0.29, 0.717) is 57.3 Å². The van der Waals surface area contributed by atoms with E-state index in [1.807, 2.05) is 31.2 Å². The highest BCUT2D eigenvalue weighted by Gasteiger charge is 2.26. The molecule has 3 amide bonds. The zero-order valence-corrected chi connectivity index (χ0v) is 16.8. The maximum atomic E-state index is 12.3. The zero-order chi connectivity index (χ0) is 19.5. The molecule has 0 bridgehead atoms. The van der Waals surface area contributed by atoms with Crippen molar-refractivity contribution < 1.29 is 14.3 Å². The Morgan fingerprint density at radius 2 is 1.85 bits per heavy atom. The Morgan fingerprint density at radius 3 is 2.52 bits per heavy atom. The van der Waals surface area contributed by atoms with Gasteiger partial charge in [0.15, 0.2) is 0 Å². The van der Waals surface area contributed by atoms with Gasteiger partial charge in [-0.25, -0.2) is 4.79 Å². The Kier molecular flexibility index (Phi) is 9.42. The minimum Gasteiger partial charge on any atom is -0.382 e. The summed E-state index contributed by atoms with van der Waals surface area (Å²) < 4.78 is 5.26. The van der Waals surface area contributed by atoms with E-state index in [-0.39, 0.29) is 17.9 Å². The van der Waals surface area contributed by atoms with Gasteiger partial charge in [0, 0.05) is 50.3 Å². The van der Waals surface area contributed by atoms with Gasteiger partial charge in [0.1, 0.15) is 0 Å². The lowest BCUT2D eigenvalue weighted by molar-refractivity contribution is -0.126. The minimum absolute atomic E-state index is 0.00443. The van der Waals surface area contributed by atoms with Crippen LogP contribution in [0.25, 0.3) is 0 Å². The number of benzene rings is 1. The van der Waals surface area contributed by atoms with Crippen molar-refractivity contribution in [3.8, 4) is 0 Å².